The van der Waals surface area contributed by atoms with E-state index in [2.05, 4.69) is 12.1 Å². The van der Waals surface area contributed by atoms with Gasteiger partial charge < -0.3 is 4.74 Å². The first kappa shape index (κ1) is 9.01. The maximum absolute atomic E-state index is 5.37. The van der Waals surface area contributed by atoms with Crippen molar-refractivity contribution in [3.63, 3.8) is 0 Å². The third-order valence-corrected chi connectivity index (χ3v) is 1.56. The molecule has 0 heterocycles. The van der Waals surface area contributed by atoms with Gasteiger partial charge in [0, 0.05) is 0 Å². The predicted molar refractivity (Wildman–Crippen MR) is 50.9 cm³/mol. The van der Waals surface area contributed by atoms with E-state index in [4.69, 9.17) is 4.74 Å². The van der Waals surface area contributed by atoms with Crippen LogP contribution in [0.1, 0.15) is 12.5 Å². The quantitative estimate of drug-likeness (QED) is 0.488. The van der Waals surface area contributed by atoms with Gasteiger partial charge in [-0.2, -0.15) is 0 Å². The van der Waals surface area contributed by atoms with E-state index in [9.17, 15) is 0 Å². The molecule has 0 saturated heterocycles. The molecule has 0 aliphatic rings. The van der Waals surface area contributed by atoms with Gasteiger partial charge in [-0.1, -0.05) is 42.5 Å². The van der Waals surface area contributed by atoms with Crippen molar-refractivity contribution in [2.45, 2.75) is 13.5 Å². The van der Waals surface area contributed by atoms with Gasteiger partial charge in [-0.3, -0.25) is 0 Å². The standard InChI is InChI=1S/C11H14O/c1-2-3-9-12-10-11-7-5-4-6-8-11/h2-8H,9-10H2,1H3. The van der Waals surface area contributed by atoms with E-state index < -0.39 is 0 Å². The molecule has 1 rings (SSSR count). The third-order valence-electron chi connectivity index (χ3n) is 1.56. The van der Waals surface area contributed by atoms with Crippen LogP contribution >= 0.6 is 0 Å². The Kier molecular flexibility index (Phi) is 4.17. The Balaban J connectivity index is 2.24. The largest absolute Gasteiger partial charge is 0.373 e. The van der Waals surface area contributed by atoms with Gasteiger partial charge in [0.15, 0.2) is 0 Å². The molecule has 0 amide bonds. The zero-order valence-corrected chi connectivity index (χ0v) is 7.36. The molecule has 64 valence electrons. The van der Waals surface area contributed by atoms with Crippen molar-refractivity contribution in [1.82, 2.24) is 0 Å². The molecule has 1 aromatic rings. The van der Waals surface area contributed by atoms with E-state index in [0.717, 1.165) is 0 Å². The summed E-state index contributed by atoms with van der Waals surface area (Å²) in [6.45, 7) is 3.39. The smallest absolute Gasteiger partial charge is 0.0721 e. The zero-order valence-electron chi connectivity index (χ0n) is 7.36. The average molecular weight is 162 g/mol. The number of hydrogen-bond acceptors (Lipinski definition) is 1. The molecule has 0 fully saturated rings. The summed E-state index contributed by atoms with van der Waals surface area (Å²) in [4.78, 5) is 0. The first-order valence-electron chi connectivity index (χ1n) is 4.16. The minimum Gasteiger partial charge on any atom is -0.373 e. The lowest BCUT2D eigenvalue weighted by atomic mass is 10.2. The molecule has 0 aromatic heterocycles. The second kappa shape index (κ2) is 5.56. The number of rotatable bonds is 4. The molecule has 12 heavy (non-hydrogen) atoms. The Labute approximate surface area is 73.7 Å². The Morgan fingerprint density at radius 3 is 2.67 bits per heavy atom. The van der Waals surface area contributed by atoms with E-state index in [1.165, 1.54) is 5.56 Å². The van der Waals surface area contributed by atoms with Crippen LogP contribution in [0.15, 0.2) is 42.5 Å². The molecule has 0 saturated carbocycles. The topological polar surface area (TPSA) is 9.23 Å². The van der Waals surface area contributed by atoms with E-state index in [1.54, 1.807) is 0 Å². The minimum absolute atomic E-state index is 0.700. The zero-order chi connectivity index (χ0) is 8.65. The van der Waals surface area contributed by atoms with Crippen LogP contribution in [0.2, 0.25) is 0 Å². The highest BCUT2D eigenvalue weighted by atomic mass is 16.5. The molecule has 1 heteroatoms. The fraction of sp³-hybridized carbons (Fsp3) is 0.273. The molecule has 0 spiro atoms. The SMILES string of the molecule is CC=CCOCc1ccccc1. The summed E-state index contributed by atoms with van der Waals surface area (Å²) in [7, 11) is 0. The first-order chi connectivity index (χ1) is 5.93. The molecule has 0 aliphatic heterocycles. The Hall–Kier alpha value is -1.08. The summed E-state index contributed by atoms with van der Waals surface area (Å²) in [6, 6.07) is 10.2. The van der Waals surface area contributed by atoms with Crippen molar-refractivity contribution in [2.75, 3.05) is 6.61 Å². The van der Waals surface area contributed by atoms with Crippen molar-refractivity contribution >= 4 is 0 Å². The van der Waals surface area contributed by atoms with Gasteiger partial charge >= 0.3 is 0 Å². The van der Waals surface area contributed by atoms with E-state index in [-0.39, 0.29) is 0 Å². The molecule has 0 radical (unpaired) electrons. The van der Waals surface area contributed by atoms with Gasteiger partial charge in [-0.15, -0.1) is 0 Å². The Bertz CT molecular complexity index is 226. The van der Waals surface area contributed by atoms with Gasteiger partial charge in [0.1, 0.15) is 0 Å². The highest BCUT2D eigenvalue weighted by molar-refractivity contribution is 5.13. The number of allylic oxidation sites excluding steroid dienone is 1. The van der Waals surface area contributed by atoms with Crippen LogP contribution in [0.4, 0.5) is 0 Å². The molecule has 1 nitrogen and oxygen atoms in total. The highest BCUT2D eigenvalue weighted by Crippen LogP contribution is 1.99. The second-order valence-electron chi connectivity index (χ2n) is 2.57. The molecular formula is C11H14O. The van der Waals surface area contributed by atoms with E-state index in [1.807, 2.05) is 37.3 Å². The molecule has 0 N–H and O–H groups in total. The number of hydrogen-bond donors (Lipinski definition) is 0. The molecule has 1 aromatic carbocycles. The summed E-state index contributed by atoms with van der Waals surface area (Å²) in [6.07, 6.45) is 3.99. The van der Waals surface area contributed by atoms with Crippen LogP contribution in [-0.4, -0.2) is 6.61 Å². The summed E-state index contributed by atoms with van der Waals surface area (Å²) in [5, 5.41) is 0. The summed E-state index contributed by atoms with van der Waals surface area (Å²) < 4.78 is 5.37. The Morgan fingerprint density at radius 1 is 1.25 bits per heavy atom. The van der Waals surface area contributed by atoms with E-state index >= 15 is 0 Å². The summed E-state index contributed by atoms with van der Waals surface area (Å²) in [5.41, 5.74) is 1.22. The molecule has 0 bridgehead atoms. The van der Waals surface area contributed by atoms with Crippen LogP contribution in [-0.2, 0) is 11.3 Å². The first-order valence-corrected chi connectivity index (χ1v) is 4.16. The lowest BCUT2D eigenvalue weighted by Gasteiger charge is -1.99. The van der Waals surface area contributed by atoms with Crippen LogP contribution in [0.5, 0.6) is 0 Å². The van der Waals surface area contributed by atoms with Gasteiger partial charge in [-0.05, 0) is 12.5 Å². The van der Waals surface area contributed by atoms with Crippen LogP contribution in [0, 0.1) is 0 Å². The van der Waals surface area contributed by atoms with Crippen molar-refractivity contribution in [1.29, 1.82) is 0 Å². The van der Waals surface area contributed by atoms with Crippen molar-refractivity contribution in [2.24, 2.45) is 0 Å². The van der Waals surface area contributed by atoms with Crippen molar-refractivity contribution < 1.29 is 4.74 Å². The van der Waals surface area contributed by atoms with Gasteiger partial charge in [0.05, 0.1) is 13.2 Å². The monoisotopic (exact) mass is 162 g/mol. The van der Waals surface area contributed by atoms with Crippen LogP contribution in [0.25, 0.3) is 0 Å². The van der Waals surface area contributed by atoms with Gasteiger partial charge in [-0.25, -0.2) is 0 Å². The summed E-state index contributed by atoms with van der Waals surface area (Å²) in [5.74, 6) is 0. The highest BCUT2D eigenvalue weighted by Gasteiger charge is 1.87. The third kappa shape index (κ3) is 3.35. The lowest BCUT2D eigenvalue weighted by molar-refractivity contribution is 0.148. The molecule has 0 unspecified atom stereocenters. The van der Waals surface area contributed by atoms with Crippen molar-refractivity contribution in [3.8, 4) is 0 Å². The maximum Gasteiger partial charge on any atom is 0.0721 e. The number of benzene rings is 1. The molecule has 0 aliphatic carbocycles. The predicted octanol–water partition coefficient (Wildman–Crippen LogP) is 2.78. The van der Waals surface area contributed by atoms with Gasteiger partial charge in [0.25, 0.3) is 0 Å². The fourth-order valence-corrected chi connectivity index (χ4v) is 0.915. The van der Waals surface area contributed by atoms with Crippen LogP contribution in [0.3, 0.4) is 0 Å². The van der Waals surface area contributed by atoms with E-state index in [0.29, 0.717) is 13.2 Å². The average Bonchev–Trinajstić information content (AvgIpc) is 2.14. The van der Waals surface area contributed by atoms with Crippen molar-refractivity contribution in [3.05, 3.63) is 48.0 Å². The molecular weight excluding hydrogens is 148 g/mol. The van der Waals surface area contributed by atoms with Gasteiger partial charge in [0.2, 0.25) is 0 Å². The Morgan fingerprint density at radius 2 is 2.00 bits per heavy atom. The normalized spacial score (nSPS) is 10.8. The summed E-state index contributed by atoms with van der Waals surface area (Å²) >= 11 is 0. The molecule has 0 atom stereocenters. The lowest BCUT2D eigenvalue weighted by Crippen LogP contribution is -1.91. The van der Waals surface area contributed by atoms with Crippen LogP contribution < -0.4 is 0 Å². The second-order valence-corrected chi connectivity index (χ2v) is 2.57. The fourth-order valence-electron chi connectivity index (χ4n) is 0.915. The maximum atomic E-state index is 5.37. The minimum atomic E-state index is 0.700. The number of ether oxygens (including phenoxy) is 1.